The lowest BCUT2D eigenvalue weighted by Crippen LogP contribution is -2.25. The summed E-state index contributed by atoms with van der Waals surface area (Å²) in [7, 11) is 0. The maximum Gasteiger partial charge on any atom is 0.203 e. The molecule has 1 heterocycles. The predicted molar refractivity (Wildman–Crippen MR) is 95.5 cm³/mol. The average Bonchev–Trinajstić information content (AvgIpc) is 2.85. The van der Waals surface area contributed by atoms with E-state index in [-0.39, 0.29) is 0 Å². The first-order chi connectivity index (χ1) is 10.7. The molecule has 0 spiro atoms. The normalized spacial score (nSPS) is 11.7. The highest BCUT2D eigenvalue weighted by molar-refractivity contribution is 5.78. The van der Waals surface area contributed by atoms with E-state index in [0.29, 0.717) is 5.92 Å². The molecule has 0 amide bonds. The molecular weight excluding hydrogens is 272 g/mol. The second-order valence-corrected chi connectivity index (χ2v) is 6.24. The quantitative estimate of drug-likeness (QED) is 0.715. The number of anilines is 1. The molecule has 0 saturated heterocycles. The Hall–Kier alpha value is -1.55. The molecule has 0 saturated carbocycles. The van der Waals surface area contributed by atoms with Crippen molar-refractivity contribution >= 4 is 17.0 Å². The van der Waals surface area contributed by atoms with Crippen LogP contribution in [0.3, 0.4) is 0 Å². The highest BCUT2D eigenvalue weighted by Crippen LogP contribution is 2.21. The summed E-state index contributed by atoms with van der Waals surface area (Å²) in [6, 6.07) is 8.39. The van der Waals surface area contributed by atoms with Gasteiger partial charge in [0.1, 0.15) is 0 Å². The minimum Gasteiger partial charge on any atom is -0.356 e. The highest BCUT2D eigenvalue weighted by Gasteiger charge is 2.11. The van der Waals surface area contributed by atoms with Crippen molar-refractivity contribution in [3.63, 3.8) is 0 Å². The monoisotopic (exact) mass is 302 g/mol. The summed E-state index contributed by atoms with van der Waals surface area (Å²) in [5, 5.41) is 3.54. The largest absolute Gasteiger partial charge is 0.356 e. The predicted octanol–water partition coefficient (Wildman–Crippen LogP) is 3.84. The standard InChI is InChI=1S/C18H30N4/c1-5-21(6-2)13-9-12-19-18-20-16-10-7-8-11-17(16)22(18)14-15(3)4/h7-8,10-11,15H,5-6,9,12-14H2,1-4H3,(H,19,20). The number of nitrogens with one attached hydrogen (secondary N) is 1. The summed E-state index contributed by atoms with van der Waals surface area (Å²) in [5.41, 5.74) is 2.30. The molecule has 1 aromatic carbocycles. The molecule has 4 nitrogen and oxygen atoms in total. The zero-order valence-electron chi connectivity index (χ0n) is 14.5. The van der Waals surface area contributed by atoms with Gasteiger partial charge in [0.05, 0.1) is 11.0 Å². The summed E-state index contributed by atoms with van der Waals surface area (Å²) in [6.45, 7) is 14.3. The first-order valence-electron chi connectivity index (χ1n) is 8.57. The maximum atomic E-state index is 4.76. The van der Waals surface area contributed by atoms with E-state index in [9.17, 15) is 0 Å². The lowest BCUT2D eigenvalue weighted by Gasteiger charge is -2.18. The molecule has 0 aliphatic rings. The summed E-state index contributed by atoms with van der Waals surface area (Å²) in [5.74, 6) is 1.61. The molecule has 122 valence electrons. The van der Waals surface area contributed by atoms with Gasteiger partial charge in [-0.15, -0.1) is 0 Å². The number of nitrogens with zero attached hydrogens (tertiary/aromatic N) is 3. The van der Waals surface area contributed by atoms with Gasteiger partial charge in [0.2, 0.25) is 5.95 Å². The Labute approximate surface area is 134 Å². The number of hydrogen-bond donors (Lipinski definition) is 1. The van der Waals surface area contributed by atoms with Crippen molar-refractivity contribution in [2.24, 2.45) is 5.92 Å². The number of para-hydroxylation sites is 2. The van der Waals surface area contributed by atoms with Crippen molar-refractivity contribution in [2.45, 2.75) is 40.7 Å². The van der Waals surface area contributed by atoms with Crippen LogP contribution in [-0.4, -0.2) is 40.6 Å². The van der Waals surface area contributed by atoms with Gasteiger partial charge in [-0.1, -0.05) is 39.8 Å². The van der Waals surface area contributed by atoms with Crippen molar-refractivity contribution in [2.75, 3.05) is 31.5 Å². The Morgan fingerprint density at radius 3 is 2.59 bits per heavy atom. The van der Waals surface area contributed by atoms with Crippen LogP contribution in [0.4, 0.5) is 5.95 Å². The second-order valence-electron chi connectivity index (χ2n) is 6.24. The average molecular weight is 302 g/mol. The molecule has 22 heavy (non-hydrogen) atoms. The third kappa shape index (κ3) is 4.23. The van der Waals surface area contributed by atoms with Gasteiger partial charge in [-0.2, -0.15) is 0 Å². The van der Waals surface area contributed by atoms with Gasteiger partial charge in [-0.3, -0.25) is 0 Å². The Bertz CT molecular complexity index is 569. The minimum atomic E-state index is 0.605. The molecule has 2 rings (SSSR count). The lowest BCUT2D eigenvalue weighted by atomic mass is 10.2. The number of fused-ring (bicyclic) bond motifs is 1. The fraction of sp³-hybridized carbons (Fsp3) is 0.611. The van der Waals surface area contributed by atoms with Crippen LogP contribution in [0.1, 0.15) is 34.1 Å². The first-order valence-corrected chi connectivity index (χ1v) is 8.57. The molecule has 0 bridgehead atoms. The van der Waals surface area contributed by atoms with E-state index in [1.165, 1.54) is 5.52 Å². The fourth-order valence-corrected chi connectivity index (χ4v) is 2.80. The zero-order chi connectivity index (χ0) is 15.9. The van der Waals surface area contributed by atoms with E-state index in [1.54, 1.807) is 0 Å². The van der Waals surface area contributed by atoms with Crippen LogP contribution < -0.4 is 5.32 Å². The van der Waals surface area contributed by atoms with Crippen LogP contribution in [0.5, 0.6) is 0 Å². The Kier molecular flexibility index (Phi) is 6.25. The minimum absolute atomic E-state index is 0.605. The number of benzene rings is 1. The fourth-order valence-electron chi connectivity index (χ4n) is 2.80. The molecule has 0 fully saturated rings. The first kappa shape index (κ1) is 16.8. The van der Waals surface area contributed by atoms with Crippen LogP contribution in [0, 0.1) is 5.92 Å². The number of imidazole rings is 1. The molecule has 2 aromatic rings. The lowest BCUT2D eigenvalue weighted by molar-refractivity contribution is 0.303. The van der Waals surface area contributed by atoms with E-state index < -0.39 is 0 Å². The number of aromatic nitrogens is 2. The van der Waals surface area contributed by atoms with E-state index in [0.717, 1.165) is 50.6 Å². The molecular formula is C18H30N4. The van der Waals surface area contributed by atoms with Crippen molar-refractivity contribution in [3.05, 3.63) is 24.3 Å². The van der Waals surface area contributed by atoms with Crippen LogP contribution in [0.2, 0.25) is 0 Å². The van der Waals surface area contributed by atoms with Gasteiger partial charge in [-0.05, 0) is 44.1 Å². The summed E-state index contributed by atoms with van der Waals surface area (Å²) in [6.07, 6.45) is 1.15. The van der Waals surface area contributed by atoms with Crippen molar-refractivity contribution < 1.29 is 0 Å². The zero-order valence-corrected chi connectivity index (χ0v) is 14.5. The Balaban J connectivity index is 2.03. The third-order valence-corrected chi connectivity index (χ3v) is 4.03. The van der Waals surface area contributed by atoms with Crippen molar-refractivity contribution in [3.8, 4) is 0 Å². The van der Waals surface area contributed by atoms with Crippen molar-refractivity contribution in [1.82, 2.24) is 14.5 Å². The molecule has 0 atom stereocenters. The Morgan fingerprint density at radius 2 is 1.91 bits per heavy atom. The van der Waals surface area contributed by atoms with Crippen LogP contribution >= 0.6 is 0 Å². The van der Waals surface area contributed by atoms with Crippen molar-refractivity contribution in [1.29, 1.82) is 0 Å². The molecule has 0 aliphatic carbocycles. The molecule has 0 aliphatic heterocycles. The summed E-state index contributed by atoms with van der Waals surface area (Å²) >= 11 is 0. The van der Waals surface area contributed by atoms with E-state index in [1.807, 2.05) is 0 Å². The molecule has 4 heteroatoms. The van der Waals surface area contributed by atoms with Gasteiger partial charge in [0, 0.05) is 13.1 Å². The smallest absolute Gasteiger partial charge is 0.203 e. The third-order valence-electron chi connectivity index (χ3n) is 4.03. The van der Waals surface area contributed by atoms with E-state index >= 15 is 0 Å². The van der Waals surface area contributed by atoms with Crippen LogP contribution in [0.15, 0.2) is 24.3 Å². The molecule has 0 unspecified atom stereocenters. The van der Waals surface area contributed by atoms with Gasteiger partial charge in [0.15, 0.2) is 0 Å². The van der Waals surface area contributed by atoms with Crippen LogP contribution in [0.25, 0.3) is 11.0 Å². The van der Waals surface area contributed by atoms with Gasteiger partial charge < -0.3 is 14.8 Å². The second kappa shape index (κ2) is 8.18. The maximum absolute atomic E-state index is 4.76. The van der Waals surface area contributed by atoms with Gasteiger partial charge >= 0.3 is 0 Å². The summed E-state index contributed by atoms with van der Waals surface area (Å²) < 4.78 is 2.32. The van der Waals surface area contributed by atoms with E-state index in [4.69, 9.17) is 4.98 Å². The highest BCUT2D eigenvalue weighted by atomic mass is 15.2. The Morgan fingerprint density at radius 1 is 1.18 bits per heavy atom. The molecule has 0 radical (unpaired) electrons. The van der Waals surface area contributed by atoms with E-state index in [2.05, 4.69) is 66.7 Å². The topological polar surface area (TPSA) is 33.1 Å². The summed E-state index contributed by atoms with van der Waals surface area (Å²) in [4.78, 5) is 7.22. The number of rotatable bonds is 9. The van der Waals surface area contributed by atoms with Crippen LogP contribution in [-0.2, 0) is 6.54 Å². The van der Waals surface area contributed by atoms with Gasteiger partial charge in [0.25, 0.3) is 0 Å². The SMILES string of the molecule is CCN(CC)CCCNc1nc2ccccc2n1CC(C)C. The van der Waals surface area contributed by atoms with Gasteiger partial charge in [-0.25, -0.2) is 4.98 Å². The molecule has 1 aromatic heterocycles. The molecule has 1 N–H and O–H groups in total. The number of hydrogen-bond acceptors (Lipinski definition) is 3.